The average Bonchev–Trinajstić information content (AvgIpc) is 2.97. The smallest absolute Gasteiger partial charge is 0.250 e. The number of hydrogen-bond acceptors (Lipinski definition) is 5. The van der Waals surface area contributed by atoms with Crippen LogP contribution in [0.5, 0.6) is 0 Å². The molecule has 0 aliphatic heterocycles. The number of nitrogens with one attached hydrogen (secondary N) is 1. The molecule has 0 aromatic carbocycles. The van der Waals surface area contributed by atoms with Gasteiger partial charge in [-0.1, -0.05) is 0 Å². The van der Waals surface area contributed by atoms with Crippen molar-refractivity contribution in [2.45, 2.75) is 23.5 Å². The molecule has 0 saturated heterocycles. The summed E-state index contributed by atoms with van der Waals surface area (Å²) in [6.45, 7) is 1.16. The molecule has 0 radical (unpaired) electrons. The fourth-order valence-electron chi connectivity index (χ4n) is 1.80. The third kappa shape index (κ3) is 3.23. The molecular formula is C11H18N2O3S2. The molecule has 5 nitrogen and oxygen atoms in total. The third-order valence-electron chi connectivity index (χ3n) is 3.29. The van der Waals surface area contributed by atoms with Crippen LogP contribution in [-0.4, -0.2) is 28.7 Å². The van der Waals surface area contributed by atoms with E-state index >= 15 is 0 Å². The quantitative estimate of drug-likeness (QED) is 0.796. The lowest BCUT2D eigenvalue weighted by Crippen LogP contribution is -2.30. The molecule has 0 bridgehead atoms. The van der Waals surface area contributed by atoms with Crippen molar-refractivity contribution in [3.05, 3.63) is 11.4 Å². The SMILES string of the molecule is COCCC1(CNS(=O)(=O)c2cc(N)cs2)CC1. The highest BCUT2D eigenvalue weighted by Gasteiger charge is 2.42. The van der Waals surface area contributed by atoms with Crippen molar-refractivity contribution in [1.29, 1.82) is 0 Å². The zero-order valence-corrected chi connectivity index (χ0v) is 11.9. The van der Waals surface area contributed by atoms with E-state index in [1.54, 1.807) is 12.5 Å². The van der Waals surface area contributed by atoms with E-state index in [2.05, 4.69) is 4.72 Å². The molecule has 1 aromatic rings. The molecule has 7 heteroatoms. The molecule has 2 rings (SSSR count). The van der Waals surface area contributed by atoms with Crippen LogP contribution < -0.4 is 10.5 Å². The summed E-state index contributed by atoms with van der Waals surface area (Å²) in [7, 11) is -1.75. The molecule has 0 spiro atoms. The van der Waals surface area contributed by atoms with Crippen LogP contribution in [0.3, 0.4) is 0 Å². The minimum atomic E-state index is -3.41. The van der Waals surface area contributed by atoms with E-state index in [4.69, 9.17) is 10.5 Å². The number of sulfonamides is 1. The summed E-state index contributed by atoms with van der Waals surface area (Å²) in [5.74, 6) is 0. The van der Waals surface area contributed by atoms with E-state index in [1.165, 1.54) is 6.07 Å². The van der Waals surface area contributed by atoms with Crippen LogP contribution in [-0.2, 0) is 14.8 Å². The molecule has 1 fully saturated rings. The van der Waals surface area contributed by atoms with E-state index in [-0.39, 0.29) is 9.62 Å². The molecule has 1 aliphatic rings. The Bertz CT molecular complexity index is 506. The van der Waals surface area contributed by atoms with Crippen LogP contribution in [0.2, 0.25) is 0 Å². The normalized spacial score (nSPS) is 17.8. The predicted octanol–water partition coefficient (Wildman–Crippen LogP) is 1.43. The van der Waals surface area contributed by atoms with E-state index in [0.717, 1.165) is 30.6 Å². The van der Waals surface area contributed by atoms with Gasteiger partial charge < -0.3 is 10.5 Å². The zero-order valence-electron chi connectivity index (χ0n) is 10.3. The van der Waals surface area contributed by atoms with Crippen molar-refractivity contribution in [2.75, 3.05) is 26.0 Å². The molecule has 3 N–H and O–H groups in total. The minimum Gasteiger partial charge on any atom is -0.398 e. The molecule has 1 aliphatic carbocycles. The Labute approximate surface area is 111 Å². The lowest BCUT2D eigenvalue weighted by molar-refractivity contribution is 0.173. The molecule has 0 unspecified atom stereocenters. The Hall–Kier alpha value is -0.630. The fraction of sp³-hybridized carbons (Fsp3) is 0.636. The van der Waals surface area contributed by atoms with E-state index in [9.17, 15) is 8.42 Å². The summed E-state index contributed by atoms with van der Waals surface area (Å²) in [6, 6.07) is 1.49. The Morgan fingerprint density at radius 3 is 2.78 bits per heavy atom. The number of rotatable bonds is 7. The highest BCUT2D eigenvalue weighted by Crippen LogP contribution is 2.48. The highest BCUT2D eigenvalue weighted by molar-refractivity contribution is 7.91. The monoisotopic (exact) mass is 290 g/mol. The maximum Gasteiger partial charge on any atom is 0.250 e. The second-order valence-corrected chi connectivity index (χ2v) is 7.67. The Morgan fingerprint density at radius 1 is 1.56 bits per heavy atom. The number of hydrogen-bond donors (Lipinski definition) is 2. The number of ether oxygens (including phenoxy) is 1. The van der Waals surface area contributed by atoms with Gasteiger partial charge in [-0.3, -0.25) is 0 Å². The fourth-order valence-corrected chi connectivity index (χ4v) is 4.08. The van der Waals surface area contributed by atoms with Crippen molar-refractivity contribution < 1.29 is 13.2 Å². The van der Waals surface area contributed by atoms with Gasteiger partial charge in [-0.2, -0.15) is 0 Å². The average molecular weight is 290 g/mol. The van der Waals surface area contributed by atoms with E-state index < -0.39 is 10.0 Å². The number of nitrogen functional groups attached to an aromatic ring is 1. The minimum absolute atomic E-state index is 0.103. The highest BCUT2D eigenvalue weighted by atomic mass is 32.2. The summed E-state index contributed by atoms with van der Waals surface area (Å²) in [5, 5.41) is 1.63. The number of thiophene rings is 1. The Morgan fingerprint density at radius 2 is 2.28 bits per heavy atom. The van der Waals surface area contributed by atoms with Gasteiger partial charge in [-0.25, -0.2) is 13.1 Å². The van der Waals surface area contributed by atoms with Crippen LogP contribution in [0.25, 0.3) is 0 Å². The van der Waals surface area contributed by atoms with Gasteiger partial charge in [0.1, 0.15) is 4.21 Å². The van der Waals surface area contributed by atoms with Gasteiger partial charge in [0.05, 0.1) is 0 Å². The lowest BCUT2D eigenvalue weighted by Gasteiger charge is -2.14. The summed E-state index contributed by atoms with van der Waals surface area (Å²) in [6.07, 6.45) is 3.02. The first-order valence-corrected chi connectivity index (χ1v) is 8.16. The summed E-state index contributed by atoms with van der Waals surface area (Å²) >= 11 is 1.15. The third-order valence-corrected chi connectivity index (χ3v) is 6.15. The van der Waals surface area contributed by atoms with Crippen LogP contribution in [0.15, 0.2) is 15.7 Å². The van der Waals surface area contributed by atoms with Crippen molar-refractivity contribution in [3.8, 4) is 0 Å². The van der Waals surface area contributed by atoms with E-state index in [0.29, 0.717) is 18.8 Å². The Balaban J connectivity index is 1.94. The van der Waals surface area contributed by atoms with E-state index in [1.807, 2.05) is 0 Å². The van der Waals surface area contributed by atoms with Gasteiger partial charge in [-0.05, 0) is 30.7 Å². The first kappa shape index (κ1) is 13.8. The molecule has 1 heterocycles. The van der Waals surface area contributed by atoms with Gasteiger partial charge in [0.2, 0.25) is 10.0 Å². The largest absolute Gasteiger partial charge is 0.398 e. The van der Waals surface area contributed by atoms with Crippen molar-refractivity contribution >= 4 is 27.0 Å². The lowest BCUT2D eigenvalue weighted by atomic mass is 10.0. The number of methoxy groups -OCH3 is 1. The van der Waals surface area contributed by atoms with Crippen LogP contribution >= 0.6 is 11.3 Å². The molecule has 0 atom stereocenters. The summed E-state index contributed by atoms with van der Waals surface area (Å²) in [5.41, 5.74) is 6.13. The Kier molecular flexibility index (Phi) is 3.96. The van der Waals surface area contributed by atoms with Gasteiger partial charge >= 0.3 is 0 Å². The molecule has 18 heavy (non-hydrogen) atoms. The van der Waals surface area contributed by atoms with Crippen LogP contribution in [0, 0.1) is 5.41 Å². The molecule has 102 valence electrons. The maximum absolute atomic E-state index is 12.0. The number of anilines is 1. The predicted molar refractivity (Wildman–Crippen MR) is 72.1 cm³/mol. The molecular weight excluding hydrogens is 272 g/mol. The van der Waals surface area contributed by atoms with Crippen LogP contribution in [0.1, 0.15) is 19.3 Å². The first-order valence-electron chi connectivity index (χ1n) is 5.80. The molecule has 1 saturated carbocycles. The summed E-state index contributed by atoms with van der Waals surface area (Å²) in [4.78, 5) is 0. The van der Waals surface area contributed by atoms with Crippen molar-refractivity contribution in [3.63, 3.8) is 0 Å². The first-order chi connectivity index (χ1) is 8.47. The topological polar surface area (TPSA) is 81.4 Å². The second-order valence-electron chi connectivity index (χ2n) is 4.77. The second kappa shape index (κ2) is 5.16. The standard InChI is InChI=1S/C11H18N2O3S2/c1-16-5-4-11(2-3-11)8-13-18(14,15)10-6-9(12)7-17-10/h6-7,13H,2-5,8,12H2,1H3. The zero-order chi connectivity index (χ0) is 13.2. The molecule has 0 amide bonds. The van der Waals surface area contributed by atoms with Crippen LogP contribution in [0.4, 0.5) is 5.69 Å². The van der Waals surface area contributed by atoms with Gasteiger partial charge in [-0.15, -0.1) is 11.3 Å². The van der Waals surface area contributed by atoms with Gasteiger partial charge in [0, 0.05) is 31.3 Å². The summed E-state index contributed by atoms with van der Waals surface area (Å²) < 4.78 is 32.0. The number of nitrogens with two attached hydrogens (primary N) is 1. The van der Waals surface area contributed by atoms with Crippen molar-refractivity contribution in [2.24, 2.45) is 5.41 Å². The maximum atomic E-state index is 12.0. The van der Waals surface area contributed by atoms with Gasteiger partial charge in [0.25, 0.3) is 0 Å². The van der Waals surface area contributed by atoms with Crippen molar-refractivity contribution in [1.82, 2.24) is 4.72 Å². The molecule has 1 aromatic heterocycles. The van der Waals surface area contributed by atoms with Gasteiger partial charge in [0.15, 0.2) is 0 Å².